The van der Waals surface area contributed by atoms with Gasteiger partial charge >= 0.3 is 0 Å². The Labute approximate surface area is 386 Å². The number of rotatable bonds is 15. The zero-order valence-electron chi connectivity index (χ0n) is 37.3. The van der Waals surface area contributed by atoms with E-state index in [9.17, 15) is 0 Å². The van der Waals surface area contributed by atoms with E-state index in [0.717, 1.165) is 74.0 Å². The largest absolute Gasteiger partial charge is 0.311 e. The van der Waals surface area contributed by atoms with Gasteiger partial charge < -0.3 is 9.80 Å². The molecule has 0 saturated heterocycles. The average Bonchev–Trinajstić information content (AvgIpc) is 3.62. The van der Waals surface area contributed by atoms with Crippen LogP contribution in [0.25, 0.3) is 39.0 Å². The molecule has 0 spiro atoms. The van der Waals surface area contributed by atoms with Gasteiger partial charge in [0, 0.05) is 34.1 Å². The van der Waals surface area contributed by atoms with Crippen LogP contribution in [0.4, 0.5) is 28.4 Å². The van der Waals surface area contributed by atoms with Gasteiger partial charge in [0.25, 0.3) is 0 Å². The first kappa shape index (κ1) is 43.4. The Morgan fingerprint density at radius 1 is 0.446 bits per heavy atom. The van der Waals surface area contributed by atoms with Crippen molar-refractivity contribution in [3.63, 3.8) is 0 Å². The van der Waals surface area contributed by atoms with Crippen LogP contribution >= 0.6 is 0 Å². The summed E-state index contributed by atoms with van der Waals surface area (Å²) in [5, 5.41) is 0. The highest BCUT2D eigenvalue weighted by atomic mass is 15.1. The topological polar surface area (TPSA) is 6.48 Å². The van der Waals surface area contributed by atoms with Crippen molar-refractivity contribution in [1.82, 2.24) is 0 Å². The zero-order chi connectivity index (χ0) is 44.8. The number of anilines is 5. The summed E-state index contributed by atoms with van der Waals surface area (Å²) in [7, 11) is 0. The van der Waals surface area contributed by atoms with Gasteiger partial charge in [-0.25, -0.2) is 0 Å². The van der Waals surface area contributed by atoms with Crippen LogP contribution in [0.1, 0.15) is 37.0 Å². The molecule has 0 saturated carbocycles. The molecule has 2 nitrogen and oxygen atoms in total. The second-order valence-corrected chi connectivity index (χ2v) is 15.7. The maximum absolute atomic E-state index is 4.06. The molecule has 0 aromatic heterocycles. The van der Waals surface area contributed by atoms with Crippen LogP contribution in [0.5, 0.6) is 0 Å². The van der Waals surface area contributed by atoms with Crippen molar-refractivity contribution in [3.05, 3.63) is 290 Å². The summed E-state index contributed by atoms with van der Waals surface area (Å²) in [5.41, 5.74) is 18.1. The predicted octanol–water partition coefficient (Wildman–Crippen LogP) is 17.8. The summed E-state index contributed by atoms with van der Waals surface area (Å²) in [6.07, 6.45) is 26.0. The van der Waals surface area contributed by atoms with Gasteiger partial charge in [-0.2, -0.15) is 0 Å². The van der Waals surface area contributed by atoms with Crippen molar-refractivity contribution in [2.24, 2.45) is 0 Å². The van der Waals surface area contributed by atoms with E-state index < -0.39 is 0 Å². The van der Waals surface area contributed by atoms with E-state index in [1.165, 1.54) is 22.3 Å². The third-order valence-electron chi connectivity index (χ3n) is 11.6. The van der Waals surface area contributed by atoms with Crippen LogP contribution in [0.2, 0.25) is 0 Å². The highest BCUT2D eigenvalue weighted by Crippen LogP contribution is 2.39. The van der Waals surface area contributed by atoms with Crippen molar-refractivity contribution >= 4 is 45.2 Å². The first-order valence-corrected chi connectivity index (χ1v) is 22.3. The van der Waals surface area contributed by atoms with Gasteiger partial charge in [-0.15, -0.1) is 0 Å². The lowest BCUT2D eigenvalue weighted by atomic mass is 10.0. The Bertz CT molecular complexity index is 2920. The molecule has 1 aliphatic rings. The fraction of sp³-hybridized carbons (Fsp3) is 0.0476. The van der Waals surface area contributed by atoms with Gasteiger partial charge in [0.1, 0.15) is 0 Å². The smallest absolute Gasteiger partial charge is 0.0462 e. The molecule has 2 heteroatoms. The van der Waals surface area contributed by atoms with E-state index in [2.05, 4.69) is 247 Å². The first-order valence-electron chi connectivity index (χ1n) is 22.3. The van der Waals surface area contributed by atoms with Crippen LogP contribution in [-0.4, -0.2) is 0 Å². The third-order valence-corrected chi connectivity index (χ3v) is 11.6. The van der Waals surface area contributed by atoms with E-state index in [4.69, 9.17) is 0 Å². The molecule has 1 aliphatic carbocycles. The Morgan fingerprint density at radius 3 is 1.35 bits per heavy atom. The lowest BCUT2D eigenvalue weighted by molar-refractivity contribution is 1.21. The number of hydrogen-bond donors (Lipinski definition) is 0. The molecule has 0 unspecified atom stereocenters. The van der Waals surface area contributed by atoms with Gasteiger partial charge in [-0.3, -0.25) is 0 Å². The lowest BCUT2D eigenvalue weighted by Crippen LogP contribution is -2.15. The second kappa shape index (κ2) is 21.3. The molecule has 0 aliphatic heterocycles. The molecule has 0 radical (unpaired) electrons. The molecule has 0 amide bonds. The molecular formula is C63H54N2. The minimum Gasteiger partial charge on any atom is -0.311 e. The van der Waals surface area contributed by atoms with Crippen LogP contribution < -0.4 is 9.80 Å². The molecule has 8 rings (SSSR count). The maximum atomic E-state index is 4.06. The predicted molar refractivity (Wildman–Crippen MR) is 283 cm³/mol. The van der Waals surface area contributed by atoms with E-state index >= 15 is 0 Å². The molecule has 0 N–H and O–H groups in total. The molecule has 316 valence electrons. The minimum absolute atomic E-state index is 0.858. The monoisotopic (exact) mass is 838 g/mol. The van der Waals surface area contributed by atoms with Gasteiger partial charge in [0.05, 0.1) is 0 Å². The quantitative estimate of drug-likeness (QED) is 0.0949. The Balaban J connectivity index is 1.12. The average molecular weight is 839 g/mol. The van der Waals surface area contributed by atoms with Gasteiger partial charge in [-0.1, -0.05) is 195 Å². The molecule has 0 fully saturated rings. The van der Waals surface area contributed by atoms with Crippen LogP contribution in [-0.2, 0) is 0 Å². The summed E-state index contributed by atoms with van der Waals surface area (Å²) in [4.78, 5) is 4.66. The maximum Gasteiger partial charge on any atom is 0.0462 e. The molecule has 7 aromatic carbocycles. The minimum atomic E-state index is 0.858. The van der Waals surface area contributed by atoms with Crippen molar-refractivity contribution in [3.8, 4) is 22.3 Å². The number of nitrogens with zero attached hydrogens (tertiary/aromatic N) is 2. The van der Waals surface area contributed by atoms with Crippen molar-refractivity contribution < 1.29 is 0 Å². The molecule has 65 heavy (non-hydrogen) atoms. The SMILES string of the molecule is C=C/C=C(\C=C/C)c1ccc(N(C2=CC=C(c3ccccc3)CC=C2)c2ccc(-c3ccc(N(c4ccc(/C(C=C)=C/C=C\C)cc4)c4ccc(-c5ccccc5)cc4)cc3)cc2)cc1. The Morgan fingerprint density at radius 2 is 0.892 bits per heavy atom. The number of benzene rings is 7. The summed E-state index contributed by atoms with van der Waals surface area (Å²) in [6.45, 7) is 12.1. The van der Waals surface area contributed by atoms with Gasteiger partial charge in [0.15, 0.2) is 0 Å². The third kappa shape index (κ3) is 10.4. The normalized spacial score (nSPS) is 13.0. The summed E-state index contributed by atoms with van der Waals surface area (Å²) in [6, 6.07) is 65.3. The standard InChI is InChI=1S/C63H54N2/c1-5-9-19-48(8-4)53-27-38-61(39-28-53)65(62-42-31-55(32-43-62)51-22-14-11-15-23-51)63-46-35-57(36-47-63)56-33-44-60(45-34-56)64(59-40-29-54(30-41-59)49(17-6-2)18-7-3)58-25-16-24-52(26-37-58)50-20-12-10-13-21-50/h5-23,25-47H,2,4,24H2,1,3H3/b9-5-,18-7-,48-19+,49-17+. The molecule has 0 atom stereocenters. The highest BCUT2D eigenvalue weighted by molar-refractivity contribution is 5.83. The lowest BCUT2D eigenvalue weighted by Gasteiger charge is -2.27. The molecule has 0 bridgehead atoms. The number of allylic oxidation sites excluding steroid dienone is 15. The fourth-order valence-corrected chi connectivity index (χ4v) is 8.21. The Kier molecular flexibility index (Phi) is 14.2. The van der Waals surface area contributed by atoms with Gasteiger partial charge in [0.2, 0.25) is 0 Å². The van der Waals surface area contributed by atoms with Crippen molar-refractivity contribution in [1.29, 1.82) is 0 Å². The fourth-order valence-electron chi connectivity index (χ4n) is 8.21. The first-order chi connectivity index (χ1) is 32.1. The summed E-state index contributed by atoms with van der Waals surface area (Å²) >= 11 is 0. The van der Waals surface area contributed by atoms with E-state index in [0.29, 0.717) is 0 Å². The van der Waals surface area contributed by atoms with E-state index in [1.54, 1.807) is 0 Å². The van der Waals surface area contributed by atoms with Gasteiger partial charge in [-0.05, 0) is 149 Å². The summed E-state index contributed by atoms with van der Waals surface area (Å²) < 4.78 is 0. The zero-order valence-corrected chi connectivity index (χ0v) is 37.3. The van der Waals surface area contributed by atoms with Crippen LogP contribution in [0.3, 0.4) is 0 Å². The number of hydrogen-bond acceptors (Lipinski definition) is 2. The van der Waals surface area contributed by atoms with Crippen LogP contribution in [0.15, 0.2) is 274 Å². The van der Waals surface area contributed by atoms with Crippen molar-refractivity contribution in [2.75, 3.05) is 9.80 Å². The van der Waals surface area contributed by atoms with E-state index in [1.807, 2.05) is 44.2 Å². The van der Waals surface area contributed by atoms with Crippen LogP contribution in [0, 0.1) is 0 Å². The van der Waals surface area contributed by atoms with E-state index in [-0.39, 0.29) is 0 Å². The second-order valence-electron chi connectivity index (χ2n) is 15.7. The Hall–Kier alpha value is -8.20. The molecular weight excluding hydrogens is 785 g/mol. The molecule has 7 aromatic rings. The highest BCUT2D eigenvalue weighted by Gasteiger charge is 2.17. The van der Waals surface area contributed by atoms with Crippen molar-refractivity contribution in [2.45, 2.75) is 20.3 Å². The molecule has 0 heterocycles. The summed E-state index contributed by atoms with van der Waals surface area (Å²) in [5.74, 6) is 0.